The number of para-hydroxylation sites is 1. The summed E-state index contributed by atoms with van der Waals surface area (Å²) in [6.07, 6.45) is -0.883. The van der Waals surface area contributed by atoms with Crippen molar-refractivity contribution in [3.8, 4) is 5.75 Å². The summed E-state index contributed by atoms with van der Waals surface area (Å²) >= 11 is 0. The van der Waals surface area contributed by atoms with Gasteiger partial charge >= 0.3 is 5.97 Å². The molecule has 2 aromatic rings. The third-order valence-electron chi connectivity index (χ3n) is 4.15. The molecule has 0 aliphatic rings. The molecule has 0 saturated heterocycles. The first-order chi connectivity index (χ1) is 12.9. The summed E-state index contributed by atoms with van der Waals surface area (Å²) in [4.78, 5) is 24.1. The molecular weight excluding hydrogens is 342 g/mol. The Kier molecular flexibility index (Phi) is 7.41. The zero-order valence-electron chi connectivity index (χ0n) is 16.3. The Morgan fingerprint density at radius 2 is 1.67 bits per heavy atom. The molecule has 0 radical (unpaired) electrons. The van der Waals surface area contributed by atoms with E-state index in [4.69, 9.17) is 9.47 Å². The monoisotopic (exact) mass is 369 g/mol. The molecule has 1 amide bonds. The summed E-state index contributed by atoms with van der Waals surface area (Å²) in [6.45, 7) is 7.82. The fourth-order valence-corrected chi connectivity index (χ4v) is 2.55. The highest BCUT2D eigenvalue weighted by molar-refractivity contribution is 5.83. The fraction of sp³-hybridized carbons (Fsp3) is 0.364. The van der Waals surface area contributed by atoms with Crippen LogP contribution in [0, 0.1) is 6.92 Å². The minimum absolute atomic E-state index is 0.237. The van der Waals surface area contributed by atoms with Crippen LogP contribution < -0.4 is 10.1 Å². The van der Waals surface area contributed by atoms with Crippen LogP contribution in [-0.4, -0.2) is 24.6 Å². The first-order valence-electron chi connectivity index (χ1n) is 9.11. The predicted molar refractivity (Wildman–Crippen MR) is 105 cm³/mol. The topological polar surface area (TPSA) is 64.6 Å². The Balaban J connectivity index is 1.79. The number of amides is 1. The van der Waals surface area contributed by atoms with Crippen molar-refractivity contribution < 1.29 is 19.1 Å². The van der Waals surface area contributed by atoms with Gasteiger partial charge < -0.3 is 14.8 Å². The highest BCUT2D eigenvalue weighted by Crippen LogP contribution is 2.25. The van der Waals surface area contributed by atoms with Gasteiger partial charge in [-0.3, -0.25) is 4.79 Å². The molecule has 5 heteroatoms. The normalized spacial score (nSPS) is 11.7. The van der Waals surface area contributed by atoms with Gasteiger partial charge in [-0.15, -0.1) is 0 Å². The Bertz CT molecular complexity index is 768. The van der Waals surface area contributed by atoms with Gasteiger partial charge in [0.25, 0.3) is 5.91 Å². The first kappa shape index (κ1) is 20.5. The number of benzene rings is 2. The third kappa shape index (κ3) is 6.44. The molecule has 0 spiro atoms. The van der Waals surface area contributed by atoms with Crippen molar-refractivity contribution >= 4 is 11.9 Å². The maximum Gasteiger partial charge on any atom is 0.344 e. The van der Waals surface area contributed by atoms with Gasteiger partial charge in [-0.05, 0) is 37.0 Å². The predicted octanol–water partition coefficient (Wildman–Crippen LogP) is 3.75. The molecule has 0 heterocycles. The van der Waals surface area contributed by atoms with E-state index >= 15 is 0 Å². The number of rotatable bonds is 8. The van der Waals surface area contributed by atoms with E-state index in [-0.39, 0.29) is 18.4 Å². The van der Waals surface area contributed by atoms with Gasteiger partial charge in [0, 0.05) is 6.54 Å². The van der Waals surface area contributed by atoms with Gasteiger partial charge in [0.2, 0.25) is 0 Å². The standard InChI is InChI=1S/C22H27NO4/c1-15(2)19-7-5-6-8-20(19)26-14-21(24)27-17(4)22(25)23-13-18-11-9-16(3)10-12-18/h5-12,15,17H,13-14H2,1-4H3,(H,23,25)/t17-/m1/s1. The number of carbonyl (C=O) groups is 2. The number of hydrogen-bond acceptors (Lipinski definition) is 4. The van der Waals surface area contributed by atoms with E-state index in [1.807, 2.05) is 55.5 Å². The van der Waals surface area contributed by atoms with Crippen molar-refractivity contribution in [1.29, 1.82) is 0 Å². The van der Waals surface area contributed by atoms with Crippen molar-refractivity contribution in [2.45, 2.75) is 46.3 Å². The Morgan fingerprint density at radius 1 is 1.00 bits per heavy atom. The lowest BCUT2D eigenvalue weighted by atomic mass is 10.0. The molecule has 0 unspecified atom stereocenters. The first-order valence-corrected chi connectivity index (χ1v) is 9.11. The fourth-order valence-electron chi connectivity index (χ4n) is 2.55. The molecule has 1 N–H and O–H groups in total. The molecule has 0 saturated carbocycles. The average molecular weight is 369 g/mol. The third-order valence-corrected chi connectivity index (χ3v) is 4.15. The number of esters is 1. The van der Waals surface area contributed by atoms with E-state index < -0.39 is 12.1 Å². The summed E-state index contributed by atoms with van der Waals surface area (Å²) in [7, 11) is 0. The number of aryl methyl sites for hydroxylation is 1. The molecule has 0 bridgehead atoms. The smallest absolute Gasteiger partial charge is 0.344 e. The summed E-state index contributed by atoms with van der Waals surface area (Å²) < 4.78 is 10.7. The maximum atomic E-state index is 12.1. The van der Waals surface area contributed by atoms with Crippen LogP contribution in [0.5, 0.6) is 5.75 Å². The second kappa shape index (κ2) is 9.76. The van der Waals surface area contributed by atoms with E-state index in [0.717, 1.165) is 16.7 Å². The quantitative estimate of drug-likeness (QED) is 0.720. The molecule has 2 rings (SSSR count). The maximum absolute atomic E-state index is 12.1. The lowest BCUT2D eigenvalue weighted by Gasteiger charge is -2.16. The van der Waals surface area contributed by atoms with Gasteiger partial charge in [0.1, 0.15) is 5.75 Å². The van der Waals surface area contributed by atoms with Crippen molar-refractivity contribution in [3.63, 3.8) is 0 Å². The van der Waals surface area contributed by atoms with Crippen LogP contribution in [0.25, 0.3) is 0 Å². The van der Waals surface area contributed by atoms with E-state index in [2.05, 4.69) is 19.2 Å². The molecule has 0 aliphatic heterocycles. The number of carbonyl (C=O) groups excluding carboxylic acids is 2. The van der Waals surface area contributed by atoms with Gasteiger partial charge in [0.15, 0.2) is 12.7 Å². The SMILES string of the molecule is Cc1ccc(CNC(=O)[C@@H](C)OC(=O)COc2ccccc2C(C)C)cc1. The largest absolute Gasteiger partial charge is 0.482 e. The molecule has 0 aliphatic carbocycles. The van der Waals surface area contributed by atoms with E-state index in [0.29, 0.717) is 12.3 Å². The zero-order valence-corrected chi connectivity index (χ0v) is 16.3. The number of ether oxygens (including phenoxy) is 2. The Labute approximate surface area is 160 Å². The van der Waals surface area contributed by atoms with E-state index in [1.165, 1.54) is 0 Å². The van der Waals surface area contributed by atoms with Crippen LogP contribution in [-0.2, 0) is 20.9 Å². The van der Waals surface area contributed by atoms with Crippen LogP contribution in [0.15, 0.2) is 48.5 Å². The summed E-state index contributed by atoms with van der Waals surface area (Å²) in [5.41, 5.74) is 3.17. The highest BCUT2D eigenvalue weighted by atomic mass is 16.6. The molecule has 0 aromatic heterocycles. The Morgan fingerprint density at radius 3 is 2.33 bits per heavy atom. The second-order valence-electron chi connectivity index (χ2n) is 6.82. The van der Waals surface area contributed by atoms with Crippen molar-refractivity contribution in [3.05, 3.63) is 65.2 Å². The average Bonchev–Trinajstić information content (AvgIpc) is 2.65. The zero-order chi connectivity index (χ0) is 19.8. The summed E-state index contributed by atoms with van der Waals surface area (Å²) in [5, 5.41) is 2.76. The van der Waals surface area contributed by atoms with Gasteiger partial charge in [0.05, 0.1) is 0 Å². The van der Waals surface area contributed by atoms with Crippen molar-refractivity contribution in [1.82, 2.24) is 5.32 Å². The van der Waals surface area contributed by atoms with Crippen molar-refractivity contribution in [2.75, 3.05) is 6.61 Å². The van der Waals surface area contributed by atoms with Gasteiger partial charge in [-0.2, -0.15) is 0 Å². The second-order valence-corrected chi connectivity index (χ2v) is 6.82. The van der Waals surface area contributed by atoms with Crippen LogP contribution in [0.3, 0.4) is 0 Å². The number of hydrogen-bond donors (Lipinski definition) is 1. The lowest BCUT2D eigenvalue weighted by molar-refractivity contribution is -0.156. The molecule has 5 nitrogen and oxygen atoms in total. The van der Waals surface area contributed by atoms with E-state index in [9.17, 15) is 9.59 Å². The molecule has 27 heavy (non-hydrogen) atoms. The van der Waals surface area contributed by atoms with E-state index in [1.54, 1.807) is 6.92 Å². The summed E-state index contributed by atoms with van der Waals surface area (Å²) in [6, 6.07) is 15.4. The summed E-state index contributed by atoms with van der Waals surface area (Å²) in [5.74, 6) is 0.0164. The minimum Gasteiger partial charge on any atom is -0.482 e. The lowest BCUT2D eigenvalue weighted by Crippen LogP contribution is -2.36. The van der Waals surface area contributed by atoms with Crippen LogP contribution in [0.1, 0.15) is 43.4 Å². The van der Waals surface area contributed by atoms with Gasteiger partial charge in [-0.25, -0.2) is 4.79 Å². The molecule has 2 aromatic carbocycles. The molecule has 0 fully saturated rings. The number of nitrogens with one attached hydrogen (secondary N) is 1. The molecular formula is C22H27NO4. The Hall–Kier alpha value is -2.82. The molecule has 1 atom stereocenters. The highest BCUT2D eigenvalue weighted by Gasteiger charge is 2.18. The van der Waals surface area contributed by atoms with Gasteiger partial charge in [-0.1, -0.05) is 61.9 Å². The van der Waals surface area contributed by atoms with Crippen LogP contribution in [0.4, 0.5) is 0 Å². The van der Waals surface area contributed by atoms with Crippen LogP contribution in [0.2, 0.25) is 0 Å². The van der Waals surface area contributed by atoms with Crippen LogP contribution >= 0.6 is 0 Å². The van der Waals surface area contributed by atoms with Crippen molar-refractivity contribution in [2.24, 2.45) is 0 Å². The minimum atomic E-state index is -0.883. The molecule has 144 valence electrons.